The summed E-state index contributed by atoms with van der Waals surface area (Å²) in [4.78, 5) is 11.8. The Labute approximate surface area is 154 Å². The number of rotatable bonds is 8. The number of allylic oxidation sites excluding steroid dienone is 1. The largest absolute Gasteiger partial charge is 0.493 e. The minimum atomic E-state index is -0.0523. The highest BCUT2D eigenvalue weighted by molar-refractivity contribution is 5.99. The minimum Gasteiger partial charge on any atom is -0.493 e. The van der Waals surface area contributed by atoms with Crippen LogP contribution in [0.5, 0.6) is 23.0 Å². The highest BCUT2D eigenvalue weighted by Gasteiger charge is 2.14. The number of carbonyl (C=O) groups excluding carboxylic acids is 1. The second-order valence-electron chi connectivity index (χ2n) is 5.54. The van der Waals surface area contributed by atoms with E-state index in [1.54, 1.807) is 27.4 Å². The third kappa shape index (κ3) is 4.36. The molecular formula is C21H24O5. The van der Waals surface area contributed by atoms with Crippen LogP contribution < -0.4 is 18.9 Å². The lowest BCUT2D eigenvalue weighted by molar-refractivity contribution is -0.112. The molecule has 0 unspecified atom stereocenters. The second kappa shape index (κ2) is 8.94. The summed E-state index contributed by atoms with van der Waals surface area (Å²) in [5, 5.41) is 0. The minimum absolute atomic E-state index is 0.0523. The fourth-order valence-electron chi connectivity index (χ4n) is 2.65. The summed E-state index contributed by atoms with van der Waals surface area (Å²) in [6.45, 7) is 3.95. The van der Waals surface area contributed by atoms with Gasteiger partial charge in [-0.15, -0.1) is 0 Å². The topological polar surface area (TPSA) is 54.0 Å². The van der Waals surface area contributed by atoms with Crippen molar-refractivity contribution in [2.24, 2.45) is 0 Å². The Balaban J connectivity index is 2.59. The number of benzene rings is 2. The Kier molecular flexibility index (Phi) is 6.67. The van der Waals surface area contributed by atoms with Gasteiger partial charge in [0.1, 0.15) is 0 Å². The van der Waals surface area contributed by atoms with E-state index in [4.69, 9.17) is 18.9 Å². The lowest BCUT2D eigenvalue weighted by Gasteiger charge is -2.15. The molecule has 26 heavy (non-hydrogen) atoms. The van der Waals surface area contributed by atoms with Gasteiger partial charge in [-0.2, -0.15) is 0 Å². The molecule has 2 aromatic rings. The van der Waals surface area contributed by atoms with Crippen LogP contribution in [0.1, 0.15) is 25.0 Å². The van der Waals surface area contributed by atoms with Gasteiger partial charge in [0.05, 0.1) is 27.9 Å². The van der Waals surface area contributed by atoms with Crippen LogP contribution in [0.15, 0.2) is 42.5 Å². The van der Waals surface area contributed by atoms with Crippen molar-refractivity contribution in [1.82, 2.24) is 0 Å². The molecule has 5 nitrogen and oxygen atoms in total. The first-order valence-corrected chi connectivity index (χ1v) is 8.29. The third-order valence-corrected chi connectivity index (χ3v) is 3.82. The van der Waals surface area contributed by atoms with Crippen molar-refractivity contribution in [3.8, 4) is 23.0 Å². The third-order valence-electron chi connectivity index (χ3n) is 3.82. The van der Waals surface area contributed by atoms with Crippen molar-refractivity contribution in [2.45, 2.75) is 13.8 Å². The summed E-state index contributed by atoms with van der Waals surface area (Å²) in [6, 6.07) is 11.1. The molecule has 0 radical (unpaired) electrons. The Morgan fingerprint density at radius 1 is 0.846 bits per heavy atom. The summed E-state index contributed by atoms with van der Waals surface area (Å²) >= 11 is 0. The Bertz CT molecular complexity index is 808. The summed E-state index contributed by atoms with van der Waals surface area (Å²) in [6.07, 6.45) is 1.60. The van der Waals surface area contributed by atoms with E-state index < -0.39 is 0 Å². The summed E-state index contributed by atoms with van der Waals surface area (Å²) in [7, 11) is 4.76. The molecule has 0 amide bonds. The van der Waals surface area contributed by atoms with Crippen molar-refractivity contribution >= 4 is 11.4 Å². The maximum atomic E-state index is 11.8. The van der Waals surface area contributed by atoms with Crippen LogP contribution >= 0.6 is 0 Å². The molecule has 0 aliphatic heterocycles. The van der Waals surface area contributed by atoms with E-state index in [1.165, 1.54) is 6.92 Å². The predicted octanol–water partition coefficient (Wildman–Crippen LogP) is 4.13. The number of hydrogen-bond acceptors (Lipinski definition) is 5. The normalized spacial score (nSPS) is 11.0. The van der Waals surface area contributed by atoms with Crippen molar-refractivity contribution < 1.29 is 23.7 Å². The Morgan fingerprint density at radius 3 is 1.81 bits per heavy atom. The van der Waals surface area contributed by atoms with Crippen molar-refractivity contribution in [3.63, 3.8) is 0 Å². The quantitative estimate of drug-likeness (QED) is 0.666. The number of methoxy groups -OCH3 is 3. The lowest BCUT2D eigenvalue weighted by atomic mass is 9.96. The van der Waals surface area contributed by atoms with Crippen molar-refractivity contribution in [2.75, 3.05) is 27.9 Å². The van der Waals surface area contributed by atoms with E-state index in [0.29, 0.717) is 29.6 Å². The zero-order valence-corrected chi connectivity index (χ0v) is 15.8. The average molecular weight is 356 g/mol. The Hall–Kier alpha value is -2.95. The molecule has 5 heteroatoms. The molecule has 0 saturated heterocycles. The first kappa shape index (κ1) is 19.4. The summed E-state index contributed by atoms with van der Waals surface area (Å²) in [5.74, 6) is 2.44. The van der Waals surface area contributed by atoms with Crippen LogP contribution in [0.25, 0.3) is 5.57 Å². The maximum Gasteiger partial charge on any atom is 0.161 e. The summed E-state index contributed by atoms with van der Waals surface area (Å²) in [5.41, 5.74) is 2.45. The summed E-state index contributed by atoms with van der Waals surface area (Å²) < 4.78 is 21.7. The van der Waals surface area contributed by atoms with E-state index in [0.717, 1.165) is 16.7 Å². The molecule has 0 N–H and O–H groups in total. The van der Waals surface area contributed by atoms with Gasteiger partial charge in [0.25, 0.3) is 0 Å². The van der Waals surface area contributed by atoms with Gasteiger partial charge < -0.3 is 18.9 Å². The second-order valence-corrected chi connectivity index (χ2v) is 5.54. The molecule has 0 aliphatic carbocycles. The van der Waals surface area contributed by atoms with E-state index in [2.05, 4.69) is 0 Å². The van der Waals surface area contributed by atoms with E-state index in [1.807, 2.05) is 43.3 Å². The molecule has 0 heterocycles. The van der Waals surface area contributed by atoms with Crippen LogP contribution in [-0.2, 0) is 4.79 Å². The van der Waals surface area contributed by atoms with Gasteiger partial charge in [0.2, 0.25) is 0 Å². The van der Waals surface area contributed by atoms with Crippen LogP contribution in [0.4, 0.5) is 0 Å². The van der Waals surface area contributed by atoms with Gasteiger partial charge in [-0.1, -0.05) is 12.1 Å². The zero-order chi connectivity index (χ0) is 19.1. The standard InChI is InChI=1S/C21H24O5/c1-6-26-21-13-16(8-10-19(21)24-4)17(11-14(2)22)15-7-9-18(23-3)20(12-15)25-5/h7-13H,6H2,1-5H3/b17-11-. The SMILES string of the molecule is CCOc1cc(/C(=C\C(C)=O)c2ccc(OC)c(OC)c2)ccc1OC. The number of hydrogen-bond donors (Lipinski definition) is 0. The van der Waals surface area contributed by atoms with Crippen LogP contribution in [0.2, 0.25) is 0 Å². The molecule has 0 atom stereocenters. The maximum absolute atomic E-state index is 11.8. The van der Waals surface area contributed by atoms with Crippen molar-refractivity contribution in [1.29, 1.82) is 0 Å². The Morgan fingerprint density at radius 2 is 1.35 bits per heavy atom. The first-order chi connectivity index (χ1) is 12.5. The molecule has 0 saturated carbocycles. The van der Waals surface area contributed by atoms with Gasteiger partial charge in [-0.05, 0) is 60.9 Å². The molecular weight excluding hydrogens is 332 g/mol. The molecule has 0 aromatic heterocycles. The lowest BCUT2D eigenvalue weighted by Crippen LogP contribution is -1.99. The zero-order valence-electron chi connectivity index (χ0n) is 15.8. The van der Waals surface area contributed by atoms with Crippen molar-refractivity contribution in [3.05, 3.63) is 53.6 Å². The van der Waals surface area contributed by atoms with Gasteiger partial charge in [-0.25, -0.2) is 0 Å². The smallest absolute Gasteiger partial charge is 0.161 e. The first-order valence-electron chi connectivity index (χ1n) is 8.29. The average Bonchev–Trinajstić information content (AvgIpc) is 2.65. The highest BCUT2D eigenvalue weighted by atomic mass is 16.5. The van der Waals surface area contributed by atoms with Gasteiger partial charge in [-0.3, -0.25) is 4.79 Å². The highest BCUT2D eigenvalue weighted by Crippen LogP contribution is 2.36. The van der Waals surface area contributed by atoms with Gasteiger partial charge in [0, 0.05) is 0 Å². The molecule has 0 aliphatic rings. The number of ether oxygens (including phenoxy) is 4. The van der Waals surface area contributed by atoms with E-state index in [-0.39, 0.29) is 5.78 Å². The predicted molar refractivity (Wildman–Crippen MR) is 101 cm³/mol. The number of carbonyl (C=O) groups is 1. The molecule has 2 rings (SSSR count). The van der Waals surface area contributed by atoms with Gasteiger partial charge in [0.15, 0.2) is 28.8 Å². The molecule has 0 spiro atoms. The molecule has 0 bridgehead atoms. The fourth-order valence-corrected chi connectivity index (χ4v) is 2.65. The van der Waals surface area contributed by atoms with Crippen LogP contribution in [0, 0.1) is 0 Å². The van der Waals surface area contributed by atoms with Crippen LogP contribution in [0.3, 0.4) is 0 Å². The fraction of sp³-hybridized carbons (Fsp3) is 0.286. The van der Waals surface area contributed by atoms with E-state index >= 15 is 0 Å². The van der Waals surface area contributed by atoms with E-state index in [9.17, 15) is 4.79 Å². The monoisotopic (exact) mass is 356 g/mol. The molecule has 0 fully saturated rings. The molecule has 138 valence electrons. The molecule has 2 aromatic carbocycles. The van der Waals surface area contributed by atoms with Gasteiger partial charge >= 0.3 is 0 Å². The van der Waals surface area contributed by atoms with Crippen LogP contribution in [-0.4, -0.2) is 33.7 Å². The number of ketones is 1.